The van der Waals surface area contributed by atoms with Crippen LogP contribution in [-0.4, -0.2) is 7.05 Å². The van der Waals surface area contributed by atoms with Crippen LogP contribution in [0.5, 0.6) is 0 Å². The van der Waals surface area contributed by atoms with E-state index in [2.05, 4.69) is 66.5 Å². The molecule has 1 nitrogen and oxygen atoms in total. The van der Waals surface area contributed by atoms with Crippen LogP contribution in [0.4, 0.5) is 0 Å². The van der Waals surface area contributed by atoms with Crippen molar-refractivity contribution in [3.63, 3.8) is 0 Å². The van der Waals surface area contributed by atoms with Gasteiger partial charge in [-0.25, -0.2) is 0 Å². The summed E-state index contributed by atoms with van der Waals surface area (Å²) in [7, 11) is 2.00. The molecule has 2 aromatic carbocycles. The molecule has 3 aromatic rings. The van der Waals surface area contributed by atoms with E-state index in [4.69, 9.17) is 0 Å². The van der Waals surface area contributed by atoms with E-state index in [9.17, 15) is 0 Å². The van der Waals surface area contributed by atoms with Gasteiger partial charge in [-0.3, -0.25) is 0 Å². The first-order chi connectivity index (χ1) is 10.3. The van der Waals surface area contributed by atoms with Crippen LogP contribution in [0.3, 0.4) is 0 Å². The standard InChI is InChI=1S/C19H19NS/c1-3-4-5-9-17(20-2)14-11-12-19-16(13-14)15-8-6-7-10-18(15)21-19/h3,5-13,17,20H,1,4H2,2H3/b9-5-. The number of benzene rings is 2. The van der Waals surface area contributed by atoms with E-state index in [1.165, 1.54) is 25.7 Å². The molecular weight excluding hydrogens is 274 g/mol. The molecular formula is C19H19NS. The van der Waals surface area contributed by atoms with Gasteiger partial charge in [0.25, 0.3) is 0 Å². The van der Waals surface area contributed by atoms with E-state index in [1.54, 1.807) is 0 Å². The third kappa shape index (κ3) is 2.78. The zero-order valence-corrected chi connectivity index (χ0v) is 13.0. The first kappa shape index (κ1) is 14.1. The number of fused-ring (bicyclic) bond motifs is 3. The Bertz CT molecular complexity index is 798. The average molecular weight is 293 g/mol. The minimum atomic E-state index is 0.244. The van der Waals surface area contributed by atoms with E-state index in [0.29, 0.717) is 0 Å². The molecule has 2 heteroatoms. The highest BCUT2D eigenvalue weighted by atomic mass is 32.1. The highest BCUT2D eigenvalue weighted by molar-refractivity contribution is 7.25. The van der Waals surface area contributed by atoms with Crippen molar-refractivity contribution in [2.45, 2.75) is 12.5 Å². The van der Waals surface area contributed by atoms with Gasteiger partial charge in [0.05, 0.1) is 6.04 Å². The number of thiophene rings is 1. The number of hydrogen-bond donors (Lipinski definition) is 1. The van der Waals surface area contributed by atoms with Gasteiger partial charge in [0.15, 0.2) is 0 Å². The number of likely N-dealkylation sites (N-methyl/N-ethyl adjacent to an activating group) is 1. The largest absolute Gasteiger partial charge is 0.310 e. The Labute approximate surface area is 129 Å². The Morgan fingerprint density at radius 2 is 1.95 bits per heavy atom. The Morgan fingerprint density at radius 1 is 1.14 bits per heavy atom. The SMILES string of the molecule is C=CC/C=C\C(NC)c1ccc2sc3ccccc3c2c1. The van der Waals surface area contributed by atoms with Crippen molar-refractivity contribution in [3.8, 4) is 0 Å². The molecule has 0 radical (unpaired) electrons. The first-order valence-corrected chi connectivity index (χ1v) is 8.01. The summed E-state index contributed by atoms with van der Waals surface area (Å²) in [6, 6.07) is 15.6. The van der Waals surface area contributed by atoms with Crippen LogP contribution in [0.2, 0.25) is 0 Å². The molecule has 21 heavy (non-hydrogen) atoms. The average Bonchev–Trinajstić information content (AvgIpc) is 2.89. The molecule has 3 rings (SSSR count). The molecule has 1 atom stereocenters. The van der Waals surface area contributed by atoms with E-state index in [0.717, 1.165) is 6.42 Å². The van der Waals surface area contributed by atoms with E-state index < -0.39 is 0 Å². The van der Waals surface area contributed by atoms with Gasteiger partial charge in [0.1, 0.15) is 0 Å². The molecule has 0 aliphatic carbocycles. The Morgan fingerprint density at radius 3 is 2.76 bits per heavy atom. The quantitative estimate of drug-likeness (QED) is 0.617. The summed E-state index contributed by atoms with van der Waals surface area (Å²) in [5.74, 6) is 0. The van der Waals surface area contributed by atoms with Crippen molar-refractivity contribution >= 4 is 31.5 Å². The van der Waals surface area contributed by atoms with Crippen LogP contribution < -0.4 is 5.32 Å². The lowest BCUT2D eigenvalue weighted by atomic mass is 10.0. The molecule has 106 valence electrons. The first-order valence-electron chi connectivity index (χ1n) is 7.19. The van der Waals surface area contributed by atoms with Crippen LogP contribution in [0.1, 0.15) is 18.0 Å². The van der Waals surface area contributed by atoms with Crippen molar-refractivity contribution in [2.24, 2.45) is 0 Å². The molecule has 1 aromatic heterocycles. The maximum Gasteiger partial charge on any atom is 0.0504 e. The fourth-order valence-corrected chi connectivity index (χ4v) is 3.71. The van der Waals surface area contributed by atoms with Crippen molar-refractivity contribution in [1.29, 1.82) is 0 Å². The molecule has 0 bridgehead atoms. The third-order valence-corrected chi connectivity index (χ3v) is 4.85. The lowest BCUT2D eigenvalue weighted by Gasteiger charge is -2.12. The summed E-state index contributed by atoms with van der Waals surface area (Å²) in [4.78, 5) is 0. The summed E-state index contributed by atoms with van der Waals surface area (Å²) in [5, 5.41) is 6.07. The lowest BCUT2D eigenvalue weighted by Crippen LogP contribution is -2.13. The smallest absolute Gasteiger partial charge is 0.0504 e. The molecule has 0 fully saturated rings. The zero-order valence-electron chi connectivity index (χ0n) is 12.2. The number of rotatable bonds is 5. The topological polar surface area (TPSA) is 12.0 Å². The van der Waals surface area contributed by atoms with Gasteiger partial charge in [0, 0.05) is 20.2 Å². The highest BCUT2D eigenvalue weighted by Crippen LogP contribution is 2.35. The lowest BCUT2D eigenvalue weighted by molar-refractivity contribution is 0.714. The van der Waals surface area contributed by atoms with Crippen LogP contribution in [0.15, 0.2) is 67.3 Å². The normalized spacial score (nSPS) is 13.2. The summed E-state index contributed by atoms with van der Waals surface area (Å²) < 4.78 is 2.71. The second-order valence-electron chi connectivity index (χ2n) is 5.07. The van der Waals surface area contributed by atoms with Crippen LogP contribution in [0, 0.1) is 0 Å². The molecule has 0 saturated heterocycles. The predicted octanol–water partition coefficient (Wildman–Crippen LogP) is 5.45. The zero-order chi connectivity index (χ0) is 14.7. The molecule has 0 spiro atoms. The van der Waals surface area contributed by atoms with Gasteiger partial charge in [-0.2, -0.15) is 0 Å². The molecule has 0 aliphatic rings. The molecule has 1 heterocycles. The van der Waals surface area contributed by atoms with Crippen molar-refractivity contribution in [3.05, 3.63) is 72.8 Å². The Kier molecular flexibility index (Phi) is 4.18. The summed E-state index contributed by atoms with van der Waals surface area (Å²) in [6.45, 7) is 3.75. The number of allylic oxidation sites excluding steroid dienone is 2. The second kappa shape index (κ2) is 6.25. The molecule has 1 N–H and O–H groups in total. The fraction of sp³-hybridized carbons (Fsp3) is 0.158. The van der Waals surface area contributed by atoms with Crippen LogP contribution >= 0.6 is 11.3 Å². The highest BCUT2D eigenvalue weighted by Gasteiger charge is 2.09. The van der Waals surface area contributed by atoms with Gasteiger partial charge in [-0.1, -0.05) is 42.5 Å². The maximum absolute atomic E-state index is 3.75. The minimum Gasteiger partial charge on any atom is -0.310 e. The Hall–Kier alpha value is -1.90. The minimum absolute atomic E-state index is 0.244. The maximum atomic E-state index is 3.75. The van der Waals surface area contributed by atoms with E-state index in [1.807, 2.05) is 24.5 Å². The predicted molar refractivity (Wildman–Crippen MR) is 95.1 cm³/mol. The van der Waals surface area contributed by atoms with Gasteiger partial charge >= 0.3 is 0 Å². The van der Waals surface area contributed by atoms with Gasteiger partial charge < -0.3 is 5.32 Å². The molecule has 0 amide bonds. The fourth-order valence-electron chi connectivity index (χ4n) is 2.62. The van der Waals surface area contributed by atoms with Crippen LogP contribution in [-0.2, 0) is 0 Å². The monoisotopic (exact) mass is 293 g/mol. The third-order valence-electron chi connectivity index (χ3n) is 3.70. The summed E-state index contributed by atoms with van der Waals surface area (Å²) >= 11 is 1.86. The Balaban J connectivity index is 2.06. The van der Waals surface area contributed by atoms with Crippen molar-refractivity contribution in [1.82, 2.24) is 5.32 Å². The van der Waals surface area contributed by atoms with E-state index in [-0.39, 0.29) is 6.04 Å². The van der Waals surface area contributed by atoms with Gasteiger partial charge in [-0.15, -0.1) is 17.9 Å². The second-order valence-corrected chi connectivity index (χ2v) is 6.16. The molecule has 0 aliphatic heterocycles. The number of hydrogen-bond acceptors (Lipinski definition) is 2. The van der Waals surface area contributed by atoms with Crippen molar-refractivity contribution in [2.75, 3.05) is 7.05 Å². The summed E-state index contributed by atoms with van der Waals surface area (Å²) in [6.07, 6.45) is 7.18. The van der Waals surface area contributed by atoms with Crippen LogP contribution in [0.25, 0.3) is 20.2 Å². The number of nitrogens with one attached hydrogen (secondary N) is 1. The van der Waals surface area contributed by atoms with Gasteiger partial charge in [0.2, 0.25) is 0 Å². The van der Waals surface area contributed by atoms with Gasteiger partial charge in [-0.05, 0) is 37.2 Å². The summed E-state index contributed by atoms with van der Waals surface area (Å²) in [5.41, 5.74) is 1.30. The molecule has 0 saturated carbocycles. The van der Waals surface area contributed by atoms with Crippen molar-refractivity contribution < 1.29 is 0 Å². The van der Waals surface area contributed by atoms with E-state index >= 15 is 0 Å². The molecule has 1 unspecified atom stereocenters.